The van der Waals surface area contributed by atoms with E-state index in [0.29, 0.717) is 23.7 Å². The molecule has 0 atom stereocenters. The van der Waals surface area contributed by atoms with Gasteiger partial charge in [0.1, 0.15) is 5.82 Å². The van der Waals surface area contributed by atoms with Crippen molar-refractivity contribution >= 4 is 29.9 Å². The van der Waals surface area contributed by atoms with E-state index in [1.165, 1.54) is 10.6 Å². The third-order valence-corrected chi connectivity index (χ3v) is 3.69. The lowest BCUT2D eigenvalue weighted by molar-refractivity contribution is -0.143. The number of ether oxygens (including phenoxy) is 1. The van der Waals surface area contributed by atoms with Gasteiger partial charge in [0, 0.05) is 39.7 Å². The van der Waals surface area contributed by atoms with Crippen LogP contribution in [0.15, 0.2) is 10.9 Å². The maximum Gasteiger partial charge on any atom is 0.307 e. The van der Waals surface area contributed by atoms with E-state index < -0.39 is 0 Å². The molecule has 0 radical (unpaired) electrons. The van der Waals surface area contributed by atoms with Crippen LogP contribution in [0.25, 0.3) is 0 Å². The Balaban J connectivity index is 2.40. The van der Waals surface area contributed by atoms with E-state index in [0.717, 1.165) is 0 Å². The van der Waals surface area contributed by atoms with Gasteiger partial charge < -0.3 is 19.9 Å². The van der Waals surface area contributed by atoms with Crippen molar-refractivity contribution in [2.75, 3.05) is 25.0 Å². The Labute approximate surface area is 139 Å². The van der Waals surface area contributed by atoms with Gasteiger partial charge in [-0.25, -0.2) is 0 Å². The first-order valence-corrected chi connectivity index (χ1v) is 7.71. The number of rotatable bonds is 8. The number of esters is 1. The highest BCUT2D eigenvalue weighted by molar-refractivity contribution is 7.71. The second-order valence-electron chi connectivity index (χ2n) is 4.85. The zero-order chi connectivity index (χ0) is 17.4. The molecular weight excluding hydrogens is 320 g/mol. The summed E-state index contributed by atoms with van der Waals surface area (Å²) >= 11 is 5.14. The number of hydrogen-bond donors (Lipinski definition) is 2. The fourth-order valence-electron chi connectivity index (χ4n) is 1.83. The van der Waals surface area contributed by atoms with Crippen molar-refractivity contribution in [2.45, 2.75) is 19.8 Å². The topological polar surface area (TPSA) is 94.4 Å². The molecule has 8 nitrogen and oxygen atoms in total. The van der Waals surface area contributed by atoms with Gasteiger partial charge in [0.25, 0.3) is 5.56 Å². The first-order chi connectivity index (χ1) is 10.9. The molecule has 0 fully saturated rings. The SMILES string of the molecule is CCOC(=O)CCNC(=O)CCNc1cc(=O)n(C)c(=S)n1C. The molecule has 23 heavy (non-hydrogen) atoms. The molecule has 9 heteroatoms. The van der Waals surface area contributed by atoms with Crippen LogP contribution in [0.1, 0.15) is 19.8 Å². The lowest BCUT2D eigenvalue weighted by Gasteiger charge is -2.13. The minimum atomic E-state index is -0.337. The second kappa shape index (κ2) is 9.09. The van der Waals surface area contributed by atoms with Crippen LogP contribution in [0.2, 0.25) is 0 Å². The van der Waals surface area contributed by atoms with Crippen molar-refractivity contribution in [3.8, 4) is 0 Å². The number of hydrogen-bond acceptors (Lipinski definition) is 6. The largest absolute Gasteiger partial charge is 0.466 e. The van der Waals surface area contributed by atoms with Gasteiger partial charge in [0.15, 0.2) is 4.77 Å². The third-order valence-electron chi connectivity index (χ3n) is 3.14. The van der Waals surface area contributed by atoms with Crippen molar-refractivity contribution in [1.82, 2.24) is 14.5 Å². The average molecular weight is 342 g/mol. The van der Waals surface area contributed by atoms with E-state index in [-0.39, 0.29) is 36.8 Å². The molecule has 0 bridgehead atoms. The number of anilines is 1. The molecule has 0 aromatic carbocycles. The van der Waals surface area contributed by atoms with Crippen molar-refractivity contribution in [2.24, 2.45) is 14.1 Å². The normalized spacial score (nSPS) is 10.2. The summed E-state index contributed by atoms with van der Waals surface area (Å²) in [5, 5.41) is 5.63. The molecule has 0 unspecified atom stereocenters. The molecule has 0 saturated heterocycles. The fourth-order valence-corrected chi connectivity index (χ4v) is 2.02. The van der Waals surface area contributed by atoms with E-state index in [1.807, 2.05) is 0 Å². The summed E-state index contributed by atoms with van der Waals surface area (Å²) in [5.41, 5.74) is -0.213. The number of aromatic nitrogens is 2. The average Bonchev–Trinajstić information content (AvgIpc) is 2.50. The van der Waals surface area contributed by atoms with Crippen molar-refractivity contribution in [3.05, 3.63) is 21.2 Å². The Hall–Kier alpha value is -2.16. The Bertz CT molecular complexity index is 680. The Morgan fingerprint density at radius 3 is 2.57 bits per heavy atom. The summed E-state index contributed by atoms with van der Waals surface area (Å²) in [5.74, 6) is 0.0281. The fraction of sp³-hybridized carbons (Fsp3) is 0.571. The lowest BCUT2D eigenvalue weighted by Crippen LogP contribution is -2.29. The molecule has 1 heterocycles. The molecule has 0 aliphatic rings. The molecule has 1 aromatic heterocycles. The van der Waals surface area contributed by atoms with Crippen LogP contribution in [0.5, 0.6) is 0 Å². The third kappa shape index (κ3) is 5.85. The molecule has 0 aliphatic carbocycles. The van der Waals surface area contributed by atoms with Crippen LogP contribution in [0.3, 0.4) is 0 Å². The summed E-state index contributed by atoms with van der Waals surface area (Å²) < 4.78 is 8.17. The molecule has 2 N–H and O–H groups in total. The zero-order valence-corrected chi connectivity index (χ0v) is 14.4. The van der Waals surface area contributed by atoms with Crippen molar-refractivity contribution in [1.29, 1.82) is 0 Å². The molecule has 0 spiro atoms. The Morgan fingerprint density at radius 1 is 1.22 bits per heavy atom. The minimum Gasteiger partial charge on any atom is -0.466 e. The quantitative estimate of drug-likeness (QED) is 0.522. The predicted octanol–water partition coefficient (Wildman–Crippen LogP) is 0.325. The number of amides is 1. The van der Waals surface area contributed by atoms with E-state index in [2.05, 4.69) is 10.6 Å². The van der Waals surface area contributed by atoms with Crippen LogP contribution in [-0.2, 0) is 28.4 Å². The Kier molecular flexibility index (Phi) is 7.46. The van der Waals surface area contributed by atoms with Crippen LogP contribution in [-0.4, -0.2) is 40.7 Å². The van der Waals surface area contributed by atoms with E-state index in [4.69, 9.17) is 17.0 Å². The highest BCUT2D eigenvalue weighted by atomic mass is 32.1. The van der Waals surface area contributed by atoms with Gasteiger partial charge in [-0.1, -0.05) is 0 Å². The first kappa shape index (κ1) is 18.9. The molecule has 128 valence electrons. The summed E-state index contributed by atoms with van der Waals surface area (Å²) in [6.07, 6.45) is 0.362. The van der Waals surface area contributed by atoms with Crippen LogP contribution in [0, 0.1) is 4.77 Å². The van der Waals surface area contributed by atoms with Crippen molar-refractivity contribution in [3.63, 3.8) is 0 Å². The smallest absolute Gasteiger partial charge is 0.307 e. The Morgan fingerprint density at radius 2 is 1.91 bits per heavy atom. The van der Waals surface area contributed by atoms with Gasteiger partial charge in [0.2, 0.25) is 5.91 Å². The molecule has 0 saturated carbocycles. The highest BCUT2D eigenvalue weighted by Crippen LogP contribution is 2.03. The molecule has 0 aliphatic heterocycles. The van der Waals surface area contributed by atoms with Gasteiger partial charge in [-0.2, -0.15) is 0 Å². The summed E-state index contributed by atoms with van der Waals surface area (Å²) in [4.78, 5) is 34.5. The molecular formula is C14H22N4O4S. The highest BCUT2D eigenvalue weighted by Gasteiger charge is 2.06. The molecule has 1 aromatic rings. The van der Waals surface area contributed by atoms with Crippen LogP contribution in [0.4, 0.5) is 5.82 Å². The maximum absolute atomic E-state index is 11.7. The van der Waals surface area contributed by atoms with Crippen molar-refractivity contribution < 1.29 is 14.3 Å². The number of nitrogens with zero attached hydrogens (tertiary/aromatic N) is 2. The first-order valence-electron chi connectivity index (χ1n) is 7.30. The summed E-state index contributed by atoms with van der Waals surface area (Å²) in [7, 11) is 3.34. The van der Waals surface area contributed by atoms with Crippen LogP contribution < -0.4 is 16.2 Å². The summed E-state index contributed by atoms with van der Waals surface area (Å²) in [6, 6.07) is 1.43. The minimum absolute atomic E-state index is 0.149. The molecule has 1 amide bonds. The van der Waals surface area contributed by atoms with E-state index in [1.54, 1.807) is 25.6 Å². The lowest BCUT2D eigenvalue weighted by atomic mass is 10.3. The molecule has 1 rings (SSSR count). The van der Waals surface area contributed by atoms with E-state index in [9.17, 15) is 14.4 Å². The zero-order valence-electron chi connectivity index (χ0n) is 13.5. The number of nitrogens with one attached hydrogen (secondary N) is 2. The van der Waals surface area contributed by atoms with Gasteiger partial charge in [-0.05, 0) is 19.1 Å². The van der Waals surface area contributed by atoms with E-state index >= 15 is 0 Å². The summed E-state index contributed by atoms with van der Waals surface area (Å²) in [6.45, 7) is 2.65. The van der Waals surface area contributed by atoms with Crippen LogP contribution >= 0.6 is 12.2 Å². The standard InChI is InChI=1S/C14H22N4O4S/c1-4-22-13(21)6-8-16-11(19)5-7-15-10-9-12(20)18(3)14(23)17(10)2/h9,15H,4-8H2,1-3H3,(H,16,19). The van der Waals surface area contributed by atoms with Gasteiger partial charge >= 0.3 is 5.97 Å². The second-order valence-corrected chi connectivity index (χ2v) is 5.22. The van der Waals surface area contributed by atoms with Gasteiger partial charge in [-0.15, -0.1) is 0 Å². The van der Waals surface area contributed by atoms with Gasteiger partial charge in [0.05, 0.1) is 13.0 Å². The maximum atomic E-state index is 11.7. The monoisotopic (exact) mass is 342 g/mol. The number of carbonyl (C=O) groups excluding carboxylic acids is 2. The van der Waals surface area contributed by atoms with Gasteiger partial charge in [-0.3, -0.25) is 19.0 Å². The number of carbonyl (C=O) groups is 2. The predicted molar refractivity (Wildman–Crippen MR) is 88.9 cm³/mol.